The highest BCUT2D eigenvalue weighted by atomic mass is 28.4. The Morgan fingerprint density at radius 2 is 1.83 bits per heavy atom. The van der Waals surface area contributed by atoms with Crippen LogP contribution in [0.15, 0.2) is 43.0 Å². The summed E-state index contributed by atoms with van der Waals surface area (Å²) < 4.78 is 31.8. The lowest BCUT2D eigenvalue weighted by molar-refractivity contribution is -0.229. The van der Waals surface area contributed by atoms with Gasteiger partial charge in [0.05, 0.1) is 12.7 Å². The molecule has 0 saturated carbocycles. The van der Waals surface area contributed by atoms with Gasteiger partial charge in [-0.2, -0.15) is 0 Å². The zero-order chi connectivity index (χ0) is 22.2. The van der Waals surface area contributed by atoms with E-state index < -0.39 is 20.4 Å². The Morgan fingerprint density at radius 3 is 2.43 bits per heavy atom. The Morgan fingerprint density at radius 1 is 1.17 bits per heavy atom. The van der Waals surface area contributed by atoms with Crippen molar-refractivity contribution in [1.29, 1.82) is 0 Å². The normalized spacial score (nSPS) is 29.6. The molecule has 5 nitrogen and oxygen atoms in total. The van der Waals surface area contributed by atoms with Crippen molar-refractivity contribution in [2.24, 2.45) is 0 Å². The lowest BCUT2D eigenvalue weighted by Crippen LogP contribution is -2.50. The van der Waals surface area contributed by atoms with Gasteiger partial charge in [-0.25, -0.2) is 0 Å². The Balaban J connectivity index is 1.82. The summed E-state index contributed by atoms with van der Waals surface area (Å²) in [5, 5.41) is 0.0935. The van der Waals surface area contributed by atoms with Crippen LogP contribution in [0.2, 0.25) is 18.1 Å². The van der Waals surface area contributed by atoms with Crippen molar-refractivity contribution in [2.75, 3.05) is 0 Å². The second-order valence-electron chi connectivity index (χ2n) is 10.3. The molecule has 0 spiro atoms. The van der Waals surface area contributed by atoms with Crippen LogP contribution in [-0.4, -0.2) is 44.8 Å². The minimum atomic E-state index is -2.02. The summed E-state index contributed by atoms with van der Waals surface area (Å²) in [6.07, 6.45) is 1.11. The van der Waals surface area contributed by atoms with E-state index in [1.165, 1.54) is 0 Å². The van der Waals surface area contributed by atoms with Crippen LogP contribution in [0.5, 0.6) is 0 Å². The number of fused-ring (bicyclic) bond motifs is 1. The molecule has 0 amide bonds. The molecular weight excluding hydrogens is 396 g/mol. The van der Waals surface area contributed by atoms with Gasteiger partial charge in [0.2, 0.25) is 0 Å². The van der Waals surface area contributed by atoms with Gasteiger partial charge in [0, 0.05) is 0 Å². The van der Waals surface area contributed by atoms with E-state index in [1.54, 1.807) is 0 Å². The van der Waals surface area contributed by atoms with Gasteiger partial charge in [-0.1, -0.05) is 57.2 Å². The maximum Gasteiger partial charge on any atom is 0.192 e. The van der Waals surface area contributed by atoms with Crippen molar-refractivity contribution in [3.05, 3.63) is 48.6 Å². The first kappa shape index (κ1) is 23.6. The van der Waals surface area contributed by atoms with Crippen LogP contribution in [0.25, 0.3) is 0 Å². The van der Waals surface area contributed by atoms with Crippen LogP contribution >= 0.6 is 0 Å². The molecule has 0 radical (unpaired) electrons. The highest BCUT2D eigenvalue weighted by Gasteiger charge is 2.58. The van der Waals surface area contributed by atoms with Crippen LogP contribution in [0.4, 0.5) is 0 Å². The number of rotatable bonds is 8. The van der Waals surface area contributed by atoms with Crippen LogP contribution in [-0.2, 0) is 30.0 Å². The number of benzene rings is 1. The summed E-state index contributed by atoms with van der Waals surface area (Å²) in [5.74, 6) is -0.692. The maximum atomic E-state index is 6.78. The largest absolute Gasteiger partial charge is 0.411 e. The van der Waals surface area contributed by atoms with Gasteiger partial charge in [0.1, 0.15) is 18.3 Å². The molecule has 0 aliphatic carbocycles. The third-order valence-electron chi connectivity index (χ3n) is 6.33. The summed E-state index contributed by atoms with van der Waals surface area (Å²) >= 11 is 0. The fourth-order valence-electron chi connectivity index (χ4n) is 3.73. The fourth-order valence-corrected chi connectivity index (χ4v) is 5.07. The maximum absolute atomic E-state index is 6.78. The average molecular weight is 435 g/mol. The van der Waals surface area contributed by atoms with E-state index in [0.29, 0.717) is 13.0 Å². The second-order valence-corrected chi connectivity index (χ2v) is 15.0. The predicted octanol–water partition coefficient (Wildman–Crippen LogP) is 5.41. The minimum Gasteiger partial charge on any atom is -0.411 e. The second kappa shape index (κ2) is 8.85. The van der Waals surface area contributed by atoms with Crippen LogP contribution in [0, 0.1) is 0 Å². The van der Waals surface area contributed by atoms with Gasteiger partial charge in [0.25, 0.3) is 0 Å². The van der Waals surface area contributed by atoms with Gasteiger partial charge in [-0.05, 0) is 44.0 Å². The van der Waals surface area contributed by atoms with Gasteiger partial charge < -0.3 is 23.4 Å². The predicted molar refractivity (Wildman–Crippen MR) is 121 cm³/mol. The monoisotopic (exact) mass is 434 g/mol. The number of ether oxygens (including phenoxy) is 4. The molecule has 2 saturated heterocycles. The van der Waals surface area contributed by atoms with Crippen LogP contribution in [0.3, 0.4) is 0 Å². The Kier molecular flexibility index (Phi) is 6.97. The van der Waals surface area contributed by atoms with Gasteiger partial charge in [-0.3, -0.25) is 0 Å². The Labute approximate surface area is 182 Å². The van der Waals surface area contributed by atoms with Crippen molar-refractivity contribution < 1.29 is 23.4 Å². The van der Waals surface area contributed by atoms with Gasteiger partial charge in [-0.15, -0.1) is 6.58 Å². The van der Waals surface area contributed by atoms with E-state index in [2.05, 4.69) is 52.6 Å². The summed E-state index contributed by atoms with van der Waals surface area (Å²) in [5.41, 5.74) is 1.11. The fraction of sp³-hybridized carbons (Fsp3) is 0.667. The summed E-state index contributed by atoms with van der Waals surface area (Å²) in [6, 6.07) is 10.2. The average Bonchev–Trinajstić information content (AvgIpc) is 3.11. The molecule has 168 valence electrons. The molecule has 0 bridgehead atoms. The minimum absolute atomic E-state index is 0.0935. The summed E-state index contributed by atoms with van der Waals surface area (Å²) in [7, 11) is -2.02. The molecule has 0 unspecified atom stereocenters. The molecule has 1 aromatic rings. The van der Waals surface area contributed by atoms with Crippen molar-refractivity contribution in [1.82, 2.24) is 0 Å². The van der Waals surface area contributed by atoms with Crippen molar-refractivity contribution >= 4 is 8.32 Å². The van der Waals surface area contributed by atoms with E-state index in [0.717, 1.165) is 5.56 Å². The van der Waals surface area contributed by atoms with Crippen molar-refractivity contribution in [3.8, 4) is 0 Å². The molecule has 0 N–H and O–H groups in total. The first-order chi connectivity index (χ1) is 13.9. The van der Waals surface area contributed by atoms with E-state index in [9.17, 15) is 0 Å². The Hall–Kier alpha value is -1.02. The molecule has 3 rings (SSSR count). The molecule has 1 aromatic carbocycles. The lowest BCUT2D eigenvalue weighted by Gasteiger charge is -2.41. The van der Waals surface area contributed by atoms with E-state index in [4.69, 9.17) is 23.4 Å². The van der Waals surface area contributed by atoms with E-state index in [-0.39, 0.29) is 29.5 Å². The standard InChI is InChI=1S/C24H38O5Si/c1-9-13-18(29-30(7,8)23(2,3)4)19-20(25-16-17-14-11-10-12-15-17)21-22(26-19)28-24(5,6)27-21/h9-12,14-15,18-22H,1,13,16H2,2-8H3/t18-,19+,20-,21+,22+/m0/s1. The molecular formula is C24H38O5Si. The molecule has 2 heterocycles. The third kappa shape index (κ3) is 5.23. The van der Waals surface area contributed by atoms with Crippen molar-refractivity contribution in [3.63, 3.8) is 0 Å². The molecule has 6 heteroatoms. The molecule has 5 atom stereocenters. The first-order valence-corrected chi connectivity index (χ1v) is 13.8. The summed E-state index contributed by atoms with van der Waals surface area (Å²) in [4.78, 5) is 0. The molecule has 2 fully saturated rings. The molecule has 30 heavy (non-hydrogen) atoms. The zero-order valence-corrected chi connectivity index (χ0v) is 20.5. The highest BCUT2D eigenvalue weighted by molar-refractivity contribution is 6.74. The van der Waals surface area contributed by atoms with E-state index >= 15 is 0 Å². The molecule has 2 aliphatic rings. The Bertz CT molecular complexity index is 712. The van der Waals surface area contributed by atoms with Gasteiger partial charge in [0.15, 0.2) is 20.4 Å². The quantitative estimate of drug-likeness (QED) is 0.404. The lowest BCUT2D eigenvalue weighted by atomic mass is 10.0. The van der Waals surface area contributed by atoms with Crippen LogP contribution in [0.1, 0.15) is 46.6 Å². The van der Waals surface area contributed by atoms with Crippen LogP contribution < -0.4 is 0 Å². The molecule has 0 aromatic heterocycles. The zero-order valence-electron chi connectivity index (χ0n) is 19.5. The highest BCUT2D eigenvalue weighted by Crippen LogP contribution is 2.43. The third-order valence-corrected chi connectivity index (χ3v) is 10.8. The smallest absolute Gasteiger partial charge is 0.192 e. The number of hydrogen-bond acceptors (Lipinski definition) is 5. The number of hydrogen-bond donors (Lipinski definition) is 0. The van der Waals surface area contributed by atoms with E-state index in [1.807, 2.05) is 38.1 Å². The molecule has 2 aliphatic heterocycles. The topological polar surface area (TPSA) is 46.2 Å². The SMILES string of the molecule is C=CC[C@H](O[Si](C)(C)C(C)(C)C)[C@H]1O[C@@H]2OC(C)(C)O[C@@H]2[C@H]1OCc1ccccc1. The van der Waals surface area contributed by atoms with Gasteiger partial charge >= 0.3 is 0 Å². The summed E-state index contributed by atoms with van der Waals surface area (Å²) in [6.45, 7) is 19.5. The van der Waals surface area contributed by atoms with Crippen molar-refractivity contribution in [2.45, 2.75) is 102 Å². The first-order valence-electron chi connectivity index (χ1n) is 10.9.